The average molecular weight is 399 g/mol. The number of allylic oxidation sites excluding steroid dienone is 1. The number of aryl methyl sites for hydroxylation is 1. The smallest absolute Gasteiger partial charge is 0.229 e. The SMILES string of the molecule is [C-]#[N+]/C=C1/CCc2cc(Cl)c(Nc3ccnc(Nc4ccc(C#N)cc4)n3)cc21. The largest absolute Gasteiger partial charge is 0.339 e. The van der Waals surface area contributed by atoms with Gasteiger partial charge in [0.15, 0.2) is 6.20 Å². The van der Waals surface area contributed by atoms with Gasteiger partial charge in [-0.3, -0.25) is 0 Å². The summed E-state index contributed by atoms with van der Waals surface area (Å²) in [4.78, 5) is 12.1. The van der Waals surface area contributed by atoms with Crippen molar-refractivity contribution in [1.29, 1.82) is 5.26 Å². The van der Waals surface area contributed by atoms with Crippen LogP contribution in [0.2, 0.25) is 5.02 Å². The van der Waals surface area contributed by atoms with Gasteiger partial charge in [-0.05, 0) is 72.0 Å². The number of nitrogens with one attached hydrogen (secondary N) is 2. The van der Waals surface area contributed by atoms with Gasteiger partial charge in [0, 0.05) is 11.9 Å². The minimum Gasteiger partial charge on any atom is -0.339 e. The van der Waals surface area contributed by atoms with Crippen LogP contribution >= 0.6 is 11.6 Å². The molecule has 2 N–H and O–H groups in total. The molecule has 1 aromatic heterocycles. The highest BCUT2D eigenvalue weighted by Crippen LogP contribution is 2.38. The second kappa shape index (κ2) is 8.02. The van der Waals surface area contributed by atoms with Gasteiger partial charge in [0.05, 0.1) is 28.9 Å². The Hall–Kier alpha value is -3.87. The third kappa shape index (κ3) is 4.03. The molecule has 0 radical (unpaired) electrons. The number of hydrogen-bond acceptors (Lipinski definition) is 5. The molecule has 7 heteroatoms. The van der Waals surface area contributed by atoms with E-state index in [1.165, 1.54) is 0 Å². The van der Waals surface area contributed by atoms with E-state index in [0.717, 1.165) is 40.9 Å². The molecule has 1 aliphatic rings. The third-order valence-corrected chi connectivity index (χ3v) is 4.92. The number of aromatic nitrogens is 2. The minimum atomic E-state index is 0.422. The van der Waals surface area contributed by atoms with E-state index in [-0.39, 0.29) is 0 Å². The molecule has 0 fully saturated rings. The molecule has 29 heavy (non-hydrogen) atoms. The van der Waals surface area contributed by atoms with Crippen molar-refractivity contribution in [1.82, 2.24) is 9.97 Å². The zero-order valence-corrected chi connectivity index (χ0v) is 16.0. The van der Waals surface area contributed by atoms with Crippen molar-refractivity contribution < 1.29 is 0 Å². The Kier molecular flexibility index (Phi) is 5.11. The fraction of sp³-hybridized carbons (Fsp3) is 0.0909. The number of anilines is 4. The summed E-state index contributed by atoms with van der Waals surface area (Å²) in [6.07, 6.45) is 4.97. The molecule has 0 bridgehead atoms. The lowest BCUT2D eigenvalue weighted by Crippen LogP contribution is -2.01. The molecular formula is C22H15ClN6. The standard InChI is InChI=1S/C22H15ClN6/c1-25-13-16-5-4-15-10-19(23)20(11-18(15)16)28-21-8-9-26-22(29-21)27-17-6-2-14(12-24)3-7-17/h2-3,6-11,13H,4-5H2,(H2,26,27,28,29)/b16-13-. The number of nitriles is 1. The van der Waals surface area contributed by atoms with E-state index >= 15 is 0 Å². The normalized spacial score (nSPS) is 13.4. The molecule has 0 saturated carbocycles. The maximum Gasteiger partial charge on any atom is 0.229 e. The predicted octanol–water partition coefficient (Wildman–Crippen LogP) is 5.70. The Morgan fingerprint density at radius 2 is 1.97 bits per heavy atom. The highest BCUT2D eigenvalue weighted by atomic mass is 35.5. The fourth-order valence-electron chi connectivity index (χ4n) is 3.22. The number of benzene rings is 2. The number of hydrogen-bond donors (Lipinski definition) is 2. The van der Waals surface area contributed by atoms with Gasteiger partial charge in [-0.2, -0.15) is 10.2 Å². The zero-order chi connectivity index (χ0) is 20.2. The quantitative estimate of drug-likeness (QED) is 0.551. The lowest BCUT2D eigenvalue weighted by atomic mass is 10.1. The lowest BCUT2D eigenvalue weighted by Gasteiger charge is -2.12. The molecule has 6 nitrogen and oxygen atoms in total. The van der Waals surface area contributed by atoms with Gasteiger partial charge in [0.2, 0.25) is 5.95 Å². The Bertz CT molecular complexity index is 1190. The van der Waals surface area contributed by atoms with Crippen LogP contribution in [0.25, 0.3) is 10.4 Å². The molecule has 1 heterocycles. The molecule has 140 valence electrons. The first-order valence-corrected chi connectivity index (χ1v) is 9.30. The van der Waals surface area contributed by atoms with E-state index in [1.54, 1.807) is 42.7 Å². The Balaban J connectivity index is 1.57. The number of fused-ring (bicyclic) bond motifs is 1. The van der Waals surface area contributed by atoms with Crippen LogP contribution in [0.3, 0.4) is 0 Å². The molecule has 2 aromatic carbocycles. The molecule has 1 aliphatic carbocycles. The van der Waals surface area contributed by atoms with Gasteiger partial charge in [-0.15, -0.1) is 0 Å². The molecule has 3 aromatic rings. The van der Waals surface area contributed by atoms with Gasteiger partial charge in [0.25, 0.3) is 0 Å². The van der Waals surface area contributed by atoms with E-state index in [9.17, 15) is 0 Å². The van der Waals surface area contributed by atoms with Crippen LogP contribution in [0.15, 0.2) is 54.9 Å². The van der Waals surface area contributed by atoms with E-state index in [0.29, 0.717) is 22.4 Å². The van der Waals surface area contributed by atoms with Crippen LogP contribution in [0, 0.1) is 17.9 Å². The van der Waals surface area contributed by atoms with Crippen molar-refractivity contribution in [3.05, 3.63) is 88.0 Å². The number of halogens is 1. The summed E-state index contributed by atoms with van der Waals surface area (Å²) in [5, 5.41) is 15.8. The van der Waals surface area contributed by atoms with Crippen molar-refractivity contribution in [3.8, 4) is 6.07 Å². The van der Waals surface area contributed by atoms with E-state index in [1.807, 2.05) is 12.1 Å². The highest BCUT2D eigenvalue weighted by molar-refractivity contribution is 6.33. The summed E-state index contributed by atoms with van der Waals surface area (Å²) < 4.78 is 0. The monoisotopic (exact) mass is 398 g/mol. The second-order valence-corrected chi connectivity index (χ2v) is 6.88. The van der Waals surface area contributed by atoms with Crippen LogP contribution < -0.4 is 10.6 Å². The third-order valence-electron chi connectivity index (χ3n) is 4.61. The summed E-state index contributed by atoms with van der Waals surface area (Å²) in [7, 11) is 0. The molecule has 0 saturated heterocycles. The van der Waals surface area contributed by atoms with Gasteiger partial charge in [-0.25, -0.2) is 9.83 Å². The van der Waals surface area contributed by atoms with Gasteiger partial charge < -0.3 is 10.6 Å². The lowest BCUT2D eigenvalue weighted by molar-refractivity contribution is 1.08. The highest BCUT2D eigenvalue weighted by Gasteiger charge is 2.18. The first-order chi connectivity index (χ1) is 14.2. The molecule has 4 rings (SSSR count). The van der Waals surface area contributed by atoms with Crippen LogP contribution in [-0.4, -0.2) is 9.97 Å². The Morgan fingerprint density at radius 3 is 2.72 bits per heavy atom. The summed E-state index contributed by atoms with van der Waals surface area (Å²) in [6.45, 7) is 7.09. The Labute approximate surface area is 173 Å². The predicted molar refractivity (Wildman–Crippen MR) is 114 cm³/mol. The van der Waals surface area contributed by atoms with Crippen LogP contribution in [0.4, 0.5) is 23.1 Å². The summed E-state index contributed by atoms with van der Waals surface area (Å²) in [5.74, 6) is 1.01. The van der Waals surface area contributed by atoms with Crippen molar-refractivity contribution >= 4 is 40.3 Å². The van der Waals surface area contributed by atoms with Crippen molar-refractivity contribution in [2.45, 2.75) is 12.8 Å². The number of nitrogens with zero attached hydrogens (tertiary/aromatic N) is 4. The van der Waals surface area contributed by atoms with Crippen molar-refractivity contribution in [2.75, 3.05) is 10.6 Å². The second-order valence-electron chi connectivity index (χ2n) is 6.48. The molecular weight excluding hydrogens is 384 g/mol. The molecule has 0 aliphatic heterocycles. The number of rotatable bonds is 4. The maximum atomic E-state index is 8.89. The van der Waals surface area contributed by atoms with Crippen LogP contribution in [0.5, 0.6) is 0 Å². The molecule has 0 spiro atoms. The fourth-order valence-corrected chi connectivity index (χ4v) is 3.45. The molecule has 0 unspecified atom stereocenters. The average Bonchev–Trinajstić information content (AvgIpc) is 3.11. The first kappa shape index (κ1) is 18.5. The van der Waals surface area contributed by atoms with Gasteiger partial charge >= 0.3 is 0 Å². The maximum absolute atomic E-state index is 8.89. The van der Waals surface area contributed by atoms with Gasteiger partial charge in [-0.1, -0.05) is 11.6 Å². The van der Waals surface area contributed by atoms with Crippen molar-refractivity contribution in [3.63, 3.8) is 0 Å². The molecule has 0 amide bonds. The minimum absolute atomic E-state index is 0.422. The Morgan fingerprint density at radius 1 is 1.14 bits per heavy atom. The summed E-state index contributed by atoms with van der Waals surface area (Å²) in [5.41, 5.74) is 5.33. The molecule has 0 atom stereocenters. The van der Waals surface area contributed by atoms with Crippen molar-refractivity contribution in [2.24, 2.45) is 0 Å². The van der Waals surface area contributed by atoms with Gasteiger partial charge in [0.1, 0.15) is 5.82 Å². The summed E-state index contributed by atoms with van der Waals surface area (Å²) in [6, 6.07) is 14.8. The van der Waals surface area contributed by atoms with E-state index < -0.39 is 0 Å². The van der Waals surface area contributed by atoms with Crippen LogP contribution in [-0.2, 0) is 6.42 Å². The van der Waals surface area contributed by atoms with Crippen LogP contribution in [0.1, 0.15) is 23.1 Å². The topological polar surface area (TPSA) is 78.0 Å². The van der Waals surface area contributed by atoms with E-state index in [2.05, 4.69) is 31.5 Å². The van der Waals surface area contributed by atoms with E-state index in [4.69, 9.17) is 23.4 Å². The summed E-state index contributed by atoms with van der Waals surface area (Å²) >= 11 is 6.45. The first-order valence-electron chi connectivity index (χ1n) is 8.92. The zero-order valence-electron chi connectivity index (χ0n) is 15.3.